The first-order valence-electron chi connectivity index (χ1n) is 11.5. The Morgan fingerprint density at radius 1 is 1.17 bits per heavy atom. The predicted molar refractivity (Wildman–Crippen MR) is 133 cm³/mol. The van der Waals surface area contributed by atoms with Crippen LogP contribution in [0, 0.1) is 5.82 Å². The van der Waals surface area contributed by atoms with Crippen molar-refractivity contribution in [1.82, 2.24) is 9.88 Å². The number of nitrogens with zero attached hydrogens (tertiary/aromatic N) is 2. The van der Waals surface area contributed by atoms with Gasteiger partial charge in [0.25, 0.3) is 5.91 Å². The van der Waals surface area contributed by atoms with Gasteiger partial charge >= 0.3 is 0 Å². The molecule has 1 aromatic heterocycles. The summed E-state index contributed by atoms with van der Waals surface area (Å²) in [6.07, 6.45) is 4.52. The topological polar surface area (TPSA) is 74.7 Å². The molecule has 2 aromatic carbocycles. The zero-order valence-electron chi connectivity index (χ0n) is 18.8. The number of amides is 1. The Hall–Kier alpha value is -2.87. The maximum absolute atomic E-state index is 14.0. The number of aliphatic hydroxyl groups is 1. The van der Waals surface area contributed by atoms with Crippen molar-refractivity contribution in [1.29, 1.82) is 0 Å². The number of halogens is 3. The first kappa shape index (κ1) is 23.9. The summed E-state index contributed by atoms with van der Waals surface area (Å²) >= 11 is 12.4. The molecule has 2 aliphatic rings. The van der Waals surface area contributed by atoms with Gasteiger partial charge in [-0.15, -0.1) is 0 Å². The van der Waals surface area contributed by atoms with E-state index in [1.807, 2.05) is 35.2 Å². The number of ether oxygens (including phenoxy) is 1. The van der Waals surface area contributed by atoms with E-state index in [1.165, 1.54) is 12.1 Å². The average Bonchev–Trinajstić information content (AvgIpc) is 3.29. The van der Waals surface area contributed by atoms with E-state index in [0.717, 1.165) is 30.4 Å². The molecule has 0 aliphatic carbocycles. The lowest BCUT2D eigenvalue weighted by molar-refractivity contribution is 0.0574. The van der Waals surface area contributed by atoms with Crippen LogP contribution < -0.4 is 10.1 Å². The number of nitrogens with one attached hydrogen (secondary N) is 1. The lowest BCUT2D eigenvalue weighted by atomic mass is 9.98. The van der Waals surface area contributed by atoms with Crippen LogP contribution in [0.5, 0.6) is 5.75 Å². The van der Waals surface area contributed by atoms with Gasteiger partial charge in [0.2, 0.25) is 6.23 Å². The van der Waals surface area contributed by atoms with Crippen LogP contribution in [0.4, 0.5) is 10.2 Å². The molecule has 9 heteroatoms. The molecule has 2 atom stereocenters. The molecule has 1 amide bonds. The Bertz CT molecular complexity index is 1250. The second-order valence-corrected chi connectivity index (χ2v) is 9.49. The summed E-state index contributed by atoms with van der Waals surface area (Å²) in [7, 11) is 0. The number of carbonyl (C=O) groups excluding carboxylic acids is 1. The Morgan fingerprint density at radius 3 is 2.74 bits per heavy atom. The monoisotopic (exact) mass is 515 g/mol. The van der Waals surface area contributed by atoms with E-state index in [0.29, 0.717) is 35.7 Å². The molecule has 0 spiro atoms. The number of piperidine rings is 1. The van der Waals surface area contributed by atoms with Crippen LogP contribution in [-0.4, -0.2) is 40.1 Å². The fourth-order valence-electron chi connectivity index (χ4n) is 4.68. The fourth-order valence-corrected chi connectivity index (χ4v) is 5.25. The highest BCUT2D eigenvalue weighted by Crippen LogP contribution is 2.43. The van der Waals surface area contributed by atoms with Crippen molar-refractivity contribution >= 4 is 34.9 Å². The van der Waals surface area contributed by atoms with Crippen molar-refractivity contribution in [3.8, 4) is 16.9 Å². The summed E-state index contributed by atoms with van der Waals surface area (Å²) in [6.45, 7) is 0.791. The lowest BCUT2D eigenvalue weighted by Crippen LogP contribution is -2.44. The summed E-state index contributed by atoms with van der Waals surface area (Å²) in [5.41, 5.74) is 2.60. The smallest absolute Gasteiger partial charge is 0.254 e. The Balaban J connectivity index is 1.34. The van der Waals surface area contributed by atoms with Crippen molar-refractivity contribution in [2.75, 3.05) is 18.5 Å². The molecule has 2 N–H and O–H groups in total. The maximum Gasteiger partial charge on any atom is 0.254 e. The number of rotatable bonds is 5. The molecule has 1 unspecified atom stereocenters. The van der Waals surface area contributed by atoms with Gasteiger partial charge in [-0.25, -0.2) is 9.37 Å². The van der Waals surface area contributed by atoms with Gasteiger partial charge in [-0.1, -0.05) is 35.3 Å². The predicted octanol–water partition coefficient (Wildman–Crippen LogP) is 6.07. The number of hydrogen-bond donors (Lipinski definition) is 2. The highest BCUT2D eigenvalue weighted by Gasteiger charge is 2.30. The summed E-state index contributed by atoms with van der Waals surface area (Å²) in [6, 6.07) is 11.9. The zero-order chi connectivity index (χ0) is 24.5. The Labute approximate surface area is 212 Å². The molecule has 5 rings (SSSR count). The van der Waals surface area contributed by atoms with E-state index in [4.69, 9.17) is 27.9 Å². The molecule has 35 heavy (non-hydrogen) atoms. The third-order valence-electron chi connectivity index (χ3n) is 6.52. The second-order valence-electron chi connectivity index (χ2n) is 8.71. The van der Waals surface area contributed by atoms with Crippen LogP contribution in [0.15, 0.2) is 48.7 Å². The molecule has 6 nitrogen and oxygen atoms in total. The summed E-state index contributed by atoms with van der Waals surface area (Å²) in [5, 5.41) is 12.6. The first-order chi connectivity index (χ1) is 17.0. The highest BCUT2D eigenvalue weighted by atomic mass is 35.5. The maximum atomic E-state index is 14.0. The molecule has 2 aliphatic heterocycles. The number of anilines is 1. The summed E-state index contributed by atoms with van der Waals surface area (Å²) in [5.74, 6) is 0.398. The molecular formula is C26H24Cl2FN3O3. The molecule has 182 valence electrons. The number of likely N-dealkylation sites (tertiary alicyclic amines) is 1. The van der Waals surface area contributed by atoms with E-state index >= 15 is 0 Å². The quantitative estimate of drug-likeness (QED) is 0.403. The summed E-state index contributed by atoms with van der Waals surface area (Å²) in [4.78, 5) is 19.4. The summed E-state index contributed by atoms with van der Waals surface area (Å²) < 4.78 is 19.9. The van der Waals surface area contributed by atoms with E-state index in [1.54, 1.807) is 6.20 Å². The van der Waals surface area contributed by atoms with Crippen LogP contribution >= 0.6 is 23.2 Å². The molecule has 0 bridgehead atoms. The fraction of sp³-hybridized carbons (Fsp3) is 0.308. The number of pyridine rings is 1. The van der Waals surface area contributed by atoms with Gasteiger partial charge in [-0.3, -0.25) is 4.79 Å². The number of aliphatic hydroxyl groups excluding tert-OH is 1. The molecule has 3 heterocycles. The van der Waals surface area contributed by atoms with Crippen molar-refractivity contribution in [3.05, 3.63) is 75.7 Å². The minimum atomic E-state index is -0.764. The van der Waals surface area contributed by atoms with Crippen LogP contribution in [0.25, 0.3) is 11.1 Å². The second kappa shape index (κ2) is 10.0. The van der Waals surface area contributed by atoms with Crippen LogP contribution in [0.3, 0.4) is 0 Å². The van der Waals surface area contributed by atoms with Crippen molar-refractivity contribution in [3.63, 3.8) is 0 Å². The van der Waals surface area contributed by atoms with E-state index in [2.05, 4.69) is 10.3 Å². The SMILES string of the molecule is O=C(c1ccc(-c2cnc3c(c2)O[C@@H](c2c(Cl)ccc(F)c2Cl)N3)cc1)N1CCCCC1CCO. The number of fused-ring (bicyclic) bond motifs is 1. The number of aromatic nitrogens is 1. The molecule has 1 fully saturated rings. The van der Waals surface area contributed by atoms with E-state index in [9.17, 15) is 14.3 Å². The van der Waals surface area contributed by atoms with Gasteiger partial charge in [0, 0.05) is 36.5 Å². The van der Waals surface area contributed by atoms with Crippen molar-refractivity contribution in [2.24, 2.45) is 0 Å². The minimum absolute atomic E-state index is 0.0130. The van der Waals surface area contributed by atoms with Gasteiger partial charge in [0.15, 0.2) is 11.6 Å². The zero-order valence-corrected chi connectivity index (χ0v) is 20.3. The lowest BCUT2D eigenvalue weighted by Gasteiger charge is -2.35. The average molecular weight is 516 g/mol. The van der Waals surface area contributed by atoms with Gasteiger partial charge in [0.05, 0.1) is 15.6 Å². The third kappa shape index (κ3) is 4.68. The van der Waals surface area contributed by atoms with Gasteiger partial charge in [-0.05, 0) is 61.6 Å². The molecular weight excluding hydrogens is 492 g/mol. The Morgan fingerprint density at radius 2 is 1.97 bits per heavy atom. The van der Waals surface area contributed by atoms with Gasteiger partial charge in [-0.2, -0.15) is 0 Å². The van der Waals surface area contributed by atoms with E-state index in [-0.39, 0.29) is 28.6 Å². The highest BCUT2D eigenvalue weighted by molar-refractivity contribution is 6.36. The Kier molecular flexibility index (Phi) is 6.82. The van der Waals surface area contributed by atoms with Crippen LogP contribution in [0.2, 0.25) is 10.0 Å². The van der Waals surface area contributed by atoms with Crippen LogP contribution in [0.1, 0.15) is 47.8 Å². The minimum Gasteiger partial charge on any atom is -0.462 e. The normalized spacial score (nSPS) is 19.1. The molecule has 3 aromatic rings. The molecule has 1 saturated heterocycles. The molecule has 0 saturated carbocycles. The third-order valence-corrected chi connectivity index (χ3v) is 7.24. The van der Waals surface area contributed by atoms with Gasteiger partial charge in [0.1, 0.15) is 5.82 Å². The van der Waals surface area contributed by atoms with E-state index < -0.39 is 12.0 Å². The first-order valence-corrected chi connectivity index (χ1v) is 12.3. The largest absolute Gasteiger partial charge is 0.462 e. The standard InChI is InChI=1S/C26H24Cl2FN3O3/c27-19-8-9-20(29)23(28)22(19)25-31-24-21(35-25)13-17(14-30-24)15-4-6-16(7-5-15)26(34)32-11-2-1-3-18(32)10-12-33/h4-9,13-14,18,25,33H,1-3,10-12H2,(H,30,31)/t18?,25-/m0/s1. The van der Waals surface area contributed by atoms with Crippen molar-refractivity contribution in [2.45, 2.75) is 38.0 Å². The number of benzene rings is 2. The number of carbonyl (C=O) groups is 1. The molecule has 0 radical (unpaired) electrons. The van der Waals surface area contributed by atoms with Crippen LogP contribution in [-0.2, 0) is 0 Å². The van der Waals surface area contributed by atoms with Crippen molar-refractivity contribution < 1.29 is 19.0 Å². The number of hydrogen-bond acceptors (Lipinski definition) is 5. The van der Waals surface area contributed by atoms with Gasteiger partial charge < -0.3 is 20.1 Å².